The lowest BCUT2D eigenvalue weighted by atomic mass is 10.2. The van der Waals surface area contributed by atoms with E-state index in [-0.39, 0.29) is 24.4 Å². The van der Waals surface area contributed by atoms with E-state index in [2.05, 4.69) is 5.32 Å². The van der Waals surface area contributed by atoms with Crippen LogP contribution in [0.15, 0.2) is 24.3 Å². The molecule has 0 saturated carbocycles. The number of thiophene rings is 1. The van der Waals surface area contributed by atoms with Crippen molar-refractivity contribution in [1.82, 2.24) is 5.32 Å². The number of aliphatic hydroxyl groups excluding tert-OH is 1. The number of aliphatic hydroxyl groups is 1. The summed E-state index contributed by atoms with van der Waals surface area (Å²) in [6, 6.07) is 6.14. The molecule has 0 radical (unpaired) electrons. The average molecular weight is 267 g/mol. The zero-order valence-corrected chi connectivity index (χ0v) is 10.8. The molecule has 0 fully saturated rings. The molecule has 0 aliphatic heterocycles. The van der Waals surface area contributed by atoms with Crippen molar-refractivity contribution < 1.29 is 14.3 Å². The van der Waals surface area contributed by atoms with Crippen molar-refractivity contribution in [3.8, 4) is 0 Å². The zero-order valence-electron chi connectivity index (χ0n) is 9.94. The van der Waals surface area contributed by atoms with Crippen LogP contribution in [0, 0.1) is 5.82 Å². The lowest BCUT2D eigenvalue weighted by Crippen LogP contribution is -2.32. The van der Waals surface area contributed by atoms with Gasteiger partial charge < -0.3 is 10.4 Å². The van der Waals surface area contributed by atoms with E-state index in [1.165, 1.54) is 23.5 Å². The van der Waals surface area contributed by atoms with Crippen molar-refractivity contribution in [3.63, 3.8) is 0 Å². The Kier molecular flexibility index (Phi) is 3.93. The standard InChI is InChI=1S/C13H14FNO2S/c1-8(4-5-16)15-13(17)12-6-9-2-3-10(14)7-11(9)18-12/h2-3,6-8,16H,4-5H2,1H3,(H,15,17). The molecule has 0 bridgehead atoms. The van der Waals surface area contributed by atoms with Crippen molar-refractivity contribution in [2.75, 3.05) is 6.61 Å². The largest absolute Gasteiger partial charge is 0.396 e. The molecule has 1 heterocycles. The van der Waals surface area contributed by atoms with Crippen molar-refractivity contribution >= 4 is 27.3 Å². The SMILES string of the molecule is CC(CCO)NC(=O)c1cc2ccc(F)cc2s1. The molecule has 1 amide bonds. The van der Waals surface area contributed by atoms with Crippen molar-refractivity contribution in [3.05, 3.63) is 35.0 Å². The molecule has 0 spiro atoms. The number of rotatable bonds is 4. The second kappa shape index (κ2) is 5.46. The summed E-state index contributed by atoms with van der Waals surface area (Å²) < 4.78 is 13.8. The predicted molar refractivity (Wildman–Crippen MR) is 70.4 cm³/mol. The third kappa shape index (κ3) is 2.86. The van der Waals surface area contributed by atoms with Crippen LogP contribution in [0.2, 0.25) is 0 Å². The van der Waals surface area contributed by atoms with Crippen molar-refractivity contribution in [2.24, 2.45) is 0 Å². The molecular formula is C13H14FNO2S. The zero-order chi connectivity index (χ0) is 13.1. The number of hydrogen-bond donors (Lipinski definition) is 2. The Morgan fingerprint density at radius 2 is 2.28 bits per heavy atom. The van der Waals surface area contributed by atoms with Crippen LogP contribution in [0.1, 0.15) is 23.0 Å². The first kappa shape index (κ1) is 13.0. The minimum absolute atomic E-state index is 0.0407. The highest BCUT2D eigenvalue weighted by Crippen LogP contribution is 2.26. The highest BCUT2D eigenvalue weighted by molar-refractivity contribution is 7.20. The molecule has 1 atom stereocenters. The lowest BCUT2D eigenvalue weighted by Gasteiger charge is -2.10. The van der Waals surface area contributed by atoms with Gasteiger partial charge in [-0.3, -0.25) is 4.79 Å². The Morgan fingerprint density at radius 3 is 3.00 bits per heavy atom. The first-order chi connectivity index (χ1) is 8.60. The molecule has 2 N–H and O–H groups in total. The van der Waals surface area contributed by atoms with Gasteiger partial charge in [-0.1, -0.05) is 6.07 Å². The summed E-state index contributed by atoms with van der Waals surface area (Å²) >= 11 is 1.27. The number of carbonyl (C=O) groups is 1. The predicted octanol–water partition coefficient (Wildman–Crippen LogP) is 2.54. The van der Waals surface area contributed by atoms with Gasteiger partial charge in [-0.15, -0.1) is 11.3 Å². The fourth-order valence-corrected chi connectivity index (χ4v) is 2.67. The molecule has 1 aromatic carbocycles. The third-order valence-corrected chi connectivity index (χ3v) is 3.74. The van der Waals surface area contributed by atoms with Gasteiger partial charge in [0.1, 0.15) is 5.82 Å². The van der Waals surface area contributed by atoms with Crippen LogP contribution in [0.4, 0.5) is 4.39 Å². The van der Waals surface area contributed by atoms with Crippen LogP contribution < -0.4 is 5.32 Å². The molecule has 0 aliphatic carbocycles. The van der Waals surface area contributed by atoms with E-state index >= 15 is 0 Å². The summed E-state index contributed by atoms with van der Waals surface area (Å²) in [6.07, 6.45) is 0.519. The minimum Gasteiger partial charge on any atom is -0.396 e. The smallest absolute Gasteiger partial charge is 0.261 e. The maximum Gasteiger partial charge on any atom is 0.261 e. The molecule has 3 nitrogen and oxygen atoms in total. The molecule has 1 aromatic heterocycles. The topological polar surface area (TPSA) is 49.3 Å². The highest BCUT2D eigenvalue weighted by Gasteiger charge is 2.12. The van der Waals surface area contributed by atoms with Gasteiger partial charge in [-0.05, 0) is 36.9 Å². The molecule has 18 heavy (non-hydrogen) atoms. The van der Waals surface area contributed by atoms with Crippen LogP contribution in [-0.4, -0.2) is 23.7 Å². The van der Waals surface area contributed by atoms with E-state index in [0.717, 1.165) is 10.1 Å². The Bertz CT molecular complexity index is 567. The summed E-state index contributed by atoms with van der Waals surface area (Å²) in [6.45, 7) is 1.88. The van der Waals surface area contributed by atoms with E-state index in [1.54, 1.807) is 12.1 Å². The first-order valence-electron chi connectivity index (χ1n) is 5.71. The first-order valence-corrected chi connectivity index (χ1v) is 6.52. The van der Waals surface area contributed by atoms with Gasteiger partial charge in [-0.2, -0.15) is 0 Å². The highest BCUT2D eigenvalue weighted by atomic mass is 32.1. The Labute approximate surface area is 108 Å². The molecule has 5 heteroatoms. The van der Waals surface area contributed by atoms with E-state index in [4.69, 9.17) is 5.11 Å². The molecule has 1 unspecified atom stereocenters. The number of benzene rings is 1. The second-order valence-electron chi connectivity index (χ2n) is 4.18. The van der Waals surface area contributed by atoms with Gasteiger partial charge in [0.2, 0.25) is 0 Å². The van der Waals surface area contributed by atoms with Gasteiger partial charge >= 0.3 is 0 Å². The Hall–Kier alpha value is -1.46. The molecule has 2 rings (SSSR count). The minimum atomic E-state index is -0.301. The van der Waals surface area contributed by atoms with E-state index < -0.39 is 0 Å². The maximum absolute atomic E-state index is 13.0. The molecule has 2 aromatic rings. The fraction of sp³-hybridized carbons (Fsp3) is 0.308. The summed E-state index contributed by atoms with van der Waals surface area (Å²) in [7, 11) is 0. The van der Waals surface area contributed by atoms with Gasteiger partial charge in [0.15, 0.2) is 0 Å². The van der Waals surface area contributed by atoms with Gasteiger partial charge in [0.25, 0.3) is 5.91 Å². The van der Waals surface area contributed by atoms with Gasteiger partial charge in [0.05, 0.1) is 4.88 Å². The summed E-state index contributed by atoms with van der Waals surface area (Å²) in [5.41, 5.74) is 0. The van der Waals surface area contributed by atoms with Crippen LogP contribution >= 0.6 is 11.3 Å². The summed E-state index contributed by atoms with van der Waals surface area (Å²) in [5, 5.41) is 12.4. The lowest BCUT2D eigenvalue weighted by molar-refractivity contribution is 0.0938. The maximum atomic E-state index is 13.0. The average Bonchev–Trinajstić information content (AvgIpc) is 2.72. The Balaban J connectivity index is 2.18. The van der Waals surface area contributed by atoms with Crippen LogP contribution in [0.25, 0.3) is 10.1 Å². The second-order valence-corrected chi connectivity index (χ2v) is 5.26. The number of fused-ring (bicyclic) bond motifs is 1. The molecular weight excluding hydrogens is 253 g/mol. The van der Waals surface area contributed by atoms with Gasteiger partial charge in [-0.25, -0.2) is 4.39 Å². The number of halogens is 1. The normalized spacial score (nSPS) is 12.6. The monoisotopic (exact) mass is 267 g/mol. The van der Waals surface area contributed by atoms with Crippen LogP contribution in [0.3, 0.4) is 0 Å². The third-order valence-electron chi connectivity index (χ3n) is 2.65. The number of hydrogen-bond acceptors (Lipinski definition) is 3. The fourth-order valence-electron chi connectivity index (χ4n) is 1.68. The number of carbonyl (C=O) groups excluding carboxylic acids is 1. The van der Waals surface area contributed by atoms with E-state index in [1.807, 2.05) is 6.92 Å². The quantitative estimate of drug-likeness (QED) is 0.894. The Morgan fingerprint density at radius 1 is 1.50 bits per heavy atom. The molecule has 0 saturated heterocycles. The van der Waals surface area contributed by atoms with Gasteiger partial charge in [0, 0.05) is 17.3 Å². The molecule has 0 aliphatic rings. The van der Waals surface area contributed by atoms with Crippen LogP contribution in [0.5, 0.6) is 0 Å². The number of amides is 1. The summed E-state index contributed by atoms with van der Waals surface area (Å²) in [5.74, 6) is -0.484. The van der Waals surface area contributed by atoms with Crippen LogP contribution in [-0.2, 0) is 0 Å². The number of nitrogens with one attached hydrogen (secondary N) is 1. The van der Waals surface area contributed by atoms with E-state index in [0.29, 0.717) is 11.3 Å². The molecule has 96 valence electrons. The van der Waals surface area contributed by atoms with E-state index in [9.17, 15) is 9.18 Å². The van der Waals surface area contributed by atoms with Crippen molar-refractivity contribution in [1.29, 1.82) is 0 Å². The van der Waals surface area contributed by atoms with Crippen molar-refractivity contribution in [2.45, 2.75) is 19.4 Å². The summed E-state index contributed by atoms with van der Waals surface area (Å²) in [4.78, 5) is 12.5.